The predicted octanol–water partition coefficient (Wildman–Crippen LogP) is -0.610. The number of methoxy groups -OCH3 is 1. The zero-order chi connectivity index (χ0) is 14.8. The van der Waals surface area contributed by atoms with E-state index in [0.717, 1.165) is 19.6 Å². The van der Waals surface area contributed by atoms with E-state index in [1.54, 1.807) is 7.11 Å². The number of nitrogens with one attached hydrogen (secondary N) is 3. The van der Waals surface area contributed by atoms with Crippen LogP contribution in [0.3, 0.4) is 0 Å². The highest BCUT2D eigenvalue weighted by atomic mass is 16.5. The molecule has 0 aromatic carbocycles. The third kappa shape index (κ3) is 7.42. The lowest BCUT2D eigenvalue weighted by Crippen LogP contribution is -2.46. The number of nitrogens with zero attached hydrogens (tertiary/aromatic N) is 1. The molecule has 1 aliphatic rings. The predicted molar refractivity (Wildman–Crippen MR) is 76.5 cm³/mol. The standard InChI is InChI=1S/C13H26N4O3/c1-17(9-11-4-3-5-14-8-11)10-12(18)16-13(19)15-6-7-20-2/h11,14H,3-10H2,1-2H3,(H2,15,16,18,19). The molecule has 3 N–H and O–H groups in total. The molecule has 1 fully saturated rings. The first-order chi connectivity index (χ1) is 9.61. The molecule has 0 aliphatic carbocycles. The Labute approximate surface area is 120 Å². The first-order valence-corrected chi connectivity index (χ1v) is 7.07. The van der Waals surface area contributed by atoms with E-state index in [9.17, 15) is 9.59 Å². The number of carbonyl (C=O) groups excluding carboxylic acids is 2. The lowest BCUT2D eigenvalue weighted by Gasteiger charge is -2.27. The van der Waals surface area contributed by atoms with E-state index in [1.165, 1.54) is 12.8 Å². The molecule has 1 atom stereocenters. The zero-order valence-electron chi connectivity index (χ0n) is 12.4. The highest BCUT2D eigenvalue weighted by Gasteiger charge is 2.17. The Bertz CT molecular complexity index is 306. The molecule has 1 saturated heterocycles. The van der Waals surface area contributed by atoms with Crippen molar-refractivity contribution in [2.24, 2.45) is 5.92 Å². The van der Waals surface area contributed by atoms with Gasteiger partial charge in [0.2, 0.25) is 5.91 Å². The Morgan fingerprint density at radius 2 is 2.25 bits per heavy atom. The van der Waals surface area contributed by atoms with Crippen molar-refractivity contribution in [3.05, 3.63) is 0 Å². The smallest absolute Gasteiger partial charge is 0.321 e. The van der Waals surface area contributed by atoms with E-state index in [4.69, 9.17) is 4.74 Å². The Morgan fingerprint density at radius 3 is 2.90 bits per heavy atom. The summed E-state index contributed by atoms with van der Waals surface area (Å²) in [6, 6.07) is -0.472. The second kappa shape index (κ2) is 9.68. The number of amides is 3. The first kappa shape index (κ1) is 16.9. The molecule has 1 aliphatic heterocycles. The van der Waals surface area contributed by atoms with E-state index in [2.05, 4.69) is 16.0 Å². The van der Waals surface area contributed by atoms with Gasteiger partial charge in [0.1, 0.15) is 0 Å². The third-order valence-electron chi connectivity index (χ3n) is 3.23. The van der Waals surface area contributed by atoms with Gasteiger partial charge < -0.3 is 15.4 Å². The molecule has 7 heteroatoms. The molecular formula is C13H26N4O3. The van der Waals surface area contributed by atoms with Crippen molar-refractivity contribution in [1.82, 2.24) is 20.9 Å². The van der Waals surface area contributed by atoms with Crippen LogP contribution in [0, 0.1) is 5.92 Å². The number of imide groups is 1. The average molecular weight is 286 g/mol. The van der Waals surface area contributed by atoms with Gasteiger partial charge in [0, 0.05) is 20.2 Å². The Kier molecular flexibility index (Phi) is 8.17. The zero-order valence-corrected chi connectivity index (χ0v) is 12.4. The number of carbonyl (C=O) groups is 2. The SMILES string of the molecule is COCCNC(=O)NC(=O)CN(C)CC1CCCNC1. The fraction of sp³-hybridized carbons (Fsp3) is 0.846. The summed E-state index contributed by atoms with van der Waals surface area (Å²) in [7, 11) is 3.46. The van der Waals surface area contributed by atoms with E-state index in [-0.39, 0.29) is 12.5 Å². The van der Waals surface area contributed by atoms with Crippen LogP contribution < -0.4 is 16.0 Å². The number of ether oxygens (including phenoxy) is 1. The van der Waals surface area contributed by atoms with E-state index in [0.29, 0.717) is 19.1 Å². The minimum absolute atomic E-state index is 0.230. The summed E-state index contributed by atoms with van der Waals surface area (Å²) < 4.78 is 4.80. The minimum atomic E-state index is -0.472. The highest BCUT2D eigenvalue weighted by molar-refractivity contribution is 5.95. The fourth-order valence-corrected chi connectivity index (χ4v) is 2.31. The van der Waals surface area contributed by atoms with Crippen LogP contribution in [0.25, 0.3) is 0 Å². The van der Waals surface area contributed by atoms with Crippen LogP contribution in [-0.4, -0.2) is 70.3 Å². The molecule has 7 nitrogen and oxygen atoms in total. The van der Waals surface area contributed by atoms with Crippen LogP contribution in [0.4, 0.5) is 4.79 Å². The maximum Gasteiger partial charge on any atom is 0.321 e. The van der Waals surface area contributed by atoms with Gasteiger partial charge in [-0.3, -0.25) is 15.0 Å². The molecule has 0 bridgehead atoms. The molecule has 1 heterocycles. The fourth-order valence-electron chi connectivity index (χ4n) is 2.31. The van der Waals surface area contributed by atoms with Crippen LogP contribution in [0.5, 0.6) is 0 Å². The van der Waals surface area contributed by atoms with Gasteiger partial charge in [-0.05, 0) is 38.9 Å². The van der Waals surface area contributed by atoms with Gasteiger partial charge in [-0.1, -0.05) is 0 Å². The summed E-state index contributed by atoms with van der Waals surface area (Å²) in [6.07, 6.45) is 2.38. The maximum atomic E-state index is 11.7. The van der Waals surface area contributed by atoms with Crippen molar-refractivity contribution in [1.29, 1.82) is 0 Å². The van der Waals surface area contributed by atoms with Crippen LogP contribution in [0.15, 0.2) is 0 Å². The minimum Gasteiger partial charge on any atom is -0.383 e. The second-order valence-electron chi connectivity index (χ2n) is 5.21. The number of hydrogen-bond acceptors (Lipinski definition) is 5. The Balaban J connectivity index is 2.15. The summed E-state index contributed by atoms with van der Waals surface area (Å²) >= 11 is 0. The van der Waals surface area contributed by atoms with Gasteiger partial charge in [-0.2, -0.15) is 0 Å². The Morgan fingerprint density at radius 1 is 1.45 bits per heavy atom. The van der Waals surface area contributed by atoms with Gasteiger partial charge in [0.25, 0.3) is 0 Å². The average Bonchev–Trinajstić information content (AvgIpc) is 2.39. The molecule has 1 rings (SSSR count). The molecule has 116 valence electrons. The molecular weight excluding hydrogens is 260 g/mol. The molecule has 0 radical (unpaired) electrons. The van der Waals surface area contributed by atoms with Crippen LogP contribution in [0.1, 0.15) is 12.8 Å². The molecule has 0 spiro atoms. The van der Waals surface area contributed by atoms with Crippen molar-refractivity contribution in [3.63, 3.8) is 0 Å². The van der Waals surface area contributed by atoms with Gasteiger partial charge in [0.15, 0.2) is 0 Å². The van der Waals surface area contributed by atoms with Crippen LogP contribution in [0.2, 0.25) is 0 Å². The van der Waals surface area contributed by atoms with Gasteiger partial charge in [-0.25, -0.2) is 4.79 Å². The number of urea groups is 1. The van der Waals surface area contributed by atoms with Crippen molar-refractivity contribution in [3.8, 4) is 0 Å². The quantitative estimate of drug-likeness (QED) is 0.544. The van der Waals surface area contributed by atoms with Crippen molar-refractivity contribution >= 4 is 11.9 Å². The normalized spacial score (nSPS) is 18.9. The summed E-state index contributed by atoms with van der Waals surface area (Å²) in [4.78, 5) is 25.0. The highest BCUT2D eigenvalue weighted by Crippen LogP contribution is 2.10. The number of rotatable bonds is 7. The molecule has 0 saturated carbocycles. The number of hydrogen-bond donors (Lipinski definition) is 3. The van der Waals surface area contributed by atoms with Gasteiger partial charge in [0.05, 0.1) is 13.2 Å². The van der Waals surface area contributed by atoms with Crippen LogP contribution >= 0.6 is 0 Å². The van der Waals surface area contributed by atoms with E-state index < -0.39 is 6.03 Å². The number of likely N-dealkylation sites (N-methyl/N-ethyl adjacent to an activating group) is 1. The topological polar surface area (TPSA) is 82.7 Å². The van der Waals surface area contributed by atoms with Crippen molar-refractivity contribution in [2.75, 3.05) is 53.5 Å². The molecule has 20 heavy (non-hydrogen) atoms. The second-order valence-corrected chi connectivity index (χ2v) is 5.21. The molecule has 0 aromatic heterocycles. The summed E-state index contributed by atoms with van der Waals surface area (Å²) in [5, 5.41) is 8.20. The van der Waals surface area contributed by atoms with E-state index in [1.807, 2.05) is 11.9 Å². The maximum absolute atomic E-state index is 11.7. The monoisotopic (exact) mass is 286 g/mol. The number of piperidine rings is 1. The lowest BCUT2D eigenvalue weighted by molar-refractivity contribution is -0.121. The molecule has 1 unspecified atom stereocenters. The lowest BCUT2D eigenvalue weighted by atomic mass is 9.99. The Hall–Kier alpha value is -1.18. The third-order valence-corrected chi connectivity index (χ3v) is 3.23. The van der Waals surface area contributed by atoms with E-state index >= 15 is 0 Å². The summed E-state index contributed by atoms with van der Waals surface area (Å²) in [5.41, 5.74) is 0. The first-order valence-electron chi connectivity index (χ1n) is 7.07. The van der Waals surface area contributed by atoms with Crippen molar-refractivity contribution in [2.45, 2.75) is 12.8 Å². The summed E-state index contributed by atoms with van der Waals surface area (Å²) in [5.74, 6) is 0.295. The van der Waals surface area contributed by atoms with Crippen LogP contribution in [-0.2, 0) is 9.53 Å². The van der Waals surface area contributed by atoms with Gasteiger partial charge in [-0.15, -0.1) is 0 Å². The van der Waals surface area contributed by atoms with Crippen molar-refractivity contribution < 1.29 is 14.3 Å². The van der Waals surface area contributed by atoms with Gasteiger partial charge >= 0.3 is 6.03 Å². The largest absolute Gasteiger partial charge is 0.383 e. The molecule has 0 aromatic rings. The summed E-state index contributed by atoms with van der Waals surface area (Å²) in [6.45, 7) is 4.00. The molecule has 3 amide bonds.